The van der Waals surface area contributed by atoms with E-state index in [-0.39, 0.29) is 6.04 Å². The third-order valence-electron chi connectivity index (χ3n) is 4.23. The largest absolute Gasteiger partial charge is 0.418 e. The van der Waals surface area contributed by atoms with E-state index in [0.717, 1.165) is 38.1 Å². The molecular weight excluding hydrogens is 323 g/mol. The first-order chi connectivity index (χ1) is 11.2. The number of benzene rings is 1. The summed E-state index contributed by atoms with van der Waals surface area (Å²) in [5.74, 6) is -1.89. The summed E-state index contributed by atoms with van der Waals surface area (Å²) in [4.78, 5) is 27.7. The summed E-state index contributed by atoms with van der Waals surface area (Å²) in [6.07, 6.45) is -3.15. The van der Waals surface area contributed by atoms with Crippen LogP contribution >= 0.6 is 0 Å². The Bertz CT molecular complexity index is 611. The Morgan fingerprint density at radius 3 is 2.38 bits per heavy atom. The van der Waals surface area contributed by atoms with Gasteiger partial charge in [-0.2, -0.15) is 13.2 Å². The number of likely N-dealkylation sites (N-methyl/N-ethyl adjacent to an activating group) is 1. The van der Waals surface area contributed by atoms with Gasteiger partial charge in [0.25, 0.3) is 0 Å². The van der Waals surface area contributed by atoms with Gasteiger partial charge in [0, 0.05) is 13.1 Å². The molecule has 0 bridgehead atoms. The van der Waals surface area contributed by atoms with E-state index in [1.807, 2.05) is 7.05 Å². The average molecular weight is 343 g/mol. The zero-order valence-corrected chi connectivity index (χ0v) is 13.6. The third kappa shape index (κ3) is 4.25. The number of amides is 2. The standard InChI is InChI=1S/C16H20F3N3O2/c1-21-9-7-11(8-10-21)22(2)15(24)14(23)20-13-6-4-3-5-12(13)16(17,18)19/h3-6,11H,7-10H2,1-2H3,(H,20,23). The summed E-state index contributed by atoms with van der Waals surface area (Å²) in [5, 5.41) is 2.09. The number of piperidine rings is 1. The van der Waals surface area contributed by atoms with Crippen LogP contribution in [0.25, 0.3) is 0 Å². The molecule has 0 radical (unpaired) electrons. The second kappa shape index (κ2) is 7.21. The fourth-order valence-electron chi connectivity index (χ4n) is 2.72. The van der Waals surface area contributed by atoms with Crippen LogP contribution in [0.5, 0.6) is 0 Å². The fraction of sp³-hybridized carbons (Fsp3) is 0.500. The van der Waals surface area contributed by atoms with Crippen LogP contribution in [-0.2, 0) is 15.8 Å². The lowest BCUT2D eigenvalue weighted by Gasteiger charge is -2.34. The van der Waals surface area contributed by atoms with Gasteiger partial charge in [-0.05, 0) is 45.1 Å². The zero-order chi connectivity index (χ0) is 17.9. The molecule has 1 saturated heterocycles. The molecule has 0 spiro atoms. The number of hydrogen-bond donors (Lipinski definition) is 1. The van der Waals surface area contributed by atoms with Crippen LogP contribution in [0.15, 0.2) is 24.3 Å². The van der Waals surface area contributed by atoms with E-state index in [2.05, 4.69) is 10.2 Å². The van der Waals surface area contributed by atoms with Crippen molar-refractivity contribution in [1.82, 2.24) is 9.80 Å². The predicted octanol–water partition coefficient (Wildman–Crippen LogP) is 2.20. The quantitative estimate of drug-likeness (QED) is 0.838. The Labute approximate surface area is 138 Å². The molecule has 0 aliphatic carbocycles. The predicted molar refractivity (Wildman–Crippen MR) is 83.4 cm³/mol. The van der Waals surface area contributed by atoms with Crippen molar-refractivity contribution >= 4 is 17.5 Å². The van der Waals surface area contributed by atoms with E-state index < -0.39 is 29.2 Å². The summed E-state index contributed by atoms with van der Waals surface area (Å²) in [7, 11) is 3.48. The summed E-state index contributed by atoms with van der Waals surface area (Å²) in [6.45, 7) is 1.61. The summed E-state index contributed by atoms with van der Waals surface area (Å²) in [5.41, 5.74) is -1.40. The molecule has 5 nitrogen and oxygen atoms in total. The minimum atomic E-state index is -4.60. The van der Waals surface area contributed by atoms with E-state index in [1.54, 1.807) is 0 Å². The second-order valence-corrected chi connectivity index (χ2v) is 5.95. The minimum Gasteiger partial charge on any atom is -0.334 e. The molecule has 2 amide bonds. The lowest BCUT2D eigenvalue weighted by molar-refractivity contribution is -0.144. The smallest absolute Gasteiger partial charge is 0.334 e. The zero-order valence-electron chi connectivity index (χ0n) is 13.6. The molecule has 8 heteroatoms. The van der Waals surface area contributed by atoms with Crippen LogP contribution in [0.3, 0.4) is 0 Å². The molecular formula is C16H20F3N3O2. The highest BCUT2D eigenvalue weighted by atomic mass is 19.4. The molecule has 132 valence electrons. The first kappa shape index (κ1) is 18.3. The van der Waals surface area contributed by atoms with E-state index >= 15 is 0 Å². The van der Waals surface area contributed by atoms with E-state index in [4.69, 9.17) is 0 Å². The van der Waals surface area contributed by atoms with E-state index in [0.29, 0.717) is 0 Å². The number of alkyl halides is 3. The highest BCUT2D eigenvalue weighted by Crippen LogP contribution is 2.34. The van der Waals surface area contributed by atoms with Gasteiger partial charge >= 0.3 is 18.0 Å². The third-order valence-corrected chi connectivity index (χ3v) is 4.23. The van der Waals surface area contributed by atoms with Gasteiger partial charge in [-0.3, -0.25) is 9.59 Å². The molecule has 0 aromatic heterocycles. The molecule has 1 heterocycles. The Hall–Kier alpha value is -2.09. The molecule has 1 aromatic rings. The number of nitrogens with one attached hydrogen (secondary N) is 1. The van der Waals surface area contributed by atoms with Crippen LogP contribution in [0.1, 0.15) is 18.4 Å². The van der Waals surface area contributed by atoms with Crippen molar-refractivity contribution in [2.24, 2.45) is 0 Å². The van der Waals surface area contributed by atoms with Crippen molar-refractivity contribution in [1.29, 1.82) is 0 Å². The van der Waals surface area contributed by atoms with Gasteiger partial charge < -0.3 is 15.1 Å². The Morgan fingerprint density at radius 1 is 1.21 bits per heavy atom. The van der Waals surface area contributed by atoms with Gasteiger partial charge in [-0.15, -0.1) is 0 Å². The van der Waals surface area contributed by atoms with Gasteiger partial charge in [0.2, 0.25) is 0 Å². The van der Waals surface area contributed by atoms with Crippen molar-refractivity contribution in [2.75, 3.05) is 32.5 Å². The van der Waals surface area contributed by atoms with Crippen molar-refractivity contribution in [3.63, 3.8) is 0 Å². The van der Waals surface area contributed by atoms with Crippen molar-refractivity contribution in [2.45, 2.75) is 25.1 Å². The first-order valence-corrected chi connectivity index (χ1v) is 7.63. The molecule has 0 unspecified atom stereocenters. The van der Waals surface area contributed by atoms with Crippen LogP contribution in [0, 0.1) is 0 Å². The molecule has 1 fully saturated rings. The number of rotatable bonds is 2. The SMILES string of the molecule is CN1CCC(N(C)C(=O)C(=O)Nc2ccccc2C(F)(F)F)CC1. The fourth-order valence-corrected chi connectivity index (χ4v) is 2.72. The molecule has 2 rings (SSSR count). The average Bonchev–Trinajstić information content (AvgIpc) is 2.53. The topological polar surface area (TPSA) is 52.7 Å². The van der Waals surface area contributed by atoms with Crippen molar-refractivity contribution in [3.8, 4) is 0 Å². The van der Waals surface area contributed by atoms with Crippen molar-refractivity contribution in [3.05, 3.63) is 29.8 Å². The molecule has 1 aliphatic rings. The maximum Gasteiger partial charge on any atom is 0.418 e. The van der Waals surface area contributed by atoms with Gasteiger partial charge in [0.15, 0.2) is 0 Å². The molecule has 0 atom stereocenters. The summed E-state index contributed by atoms with van der Waals surface area (Å²) >= 11 is 0. The lowest BCUT2D eigenvalue weighted by Crippen LogP contribution is -2.48. The van der Waals surface area contributed by atoms with Crippen LogP contribution < -0.4 is 5.32 Å². The lowest BCUT2D eigenvalue weighted by atomic mass is 10.0. The normalized spacial score (nSPS) is 16.7. The van der Waals surface area contributed by atoms with Crippen LogP contribution in [0.4, 0.5) is 18.9 Å². The number of nitrogens with zero attached hydrogens (tertiary/aromatic N) is 2. The Balaban J connectivity index is 2.06. The maximum atomic E-state index is 12.9. The second-order valence-electron chi connectivity index (χ2n) is 5.95. The van der Waals surface area contributed by atoms with Gasteiger partial charge in [0.05, 0.1) is 11.3 Å². The van der Waals surface area contributed by atoms with Gasteiger partial charge in [-0.1, -0.05) is 12.1 Å². The number of anilines is 1. The molecule has 0 saturated carbocycles. The number of hydrogen-bond acceptors (Lipinski definition) is 3. The first-order valence-electron chi connectivity index (χ1n) is 7.63. The molecule has 1 N–H and O–H groups in total. The highest BCUT2D eigenvalue weighted by molar-refractivity contribution is 6.39. The number of halogens is 3. The maximum absolute atomic E-state index is 12.9. The van der Waals surface area contributed by atoms with E-state index in [1.165, 1.54) is 24.1 Å². The number of carbonyl (C=O) groups excluding carboxylic acids is 2. The number of carbonyl (C=O) groups is 2. The van der Waals surface area contributed by atoms with Gasteiger partial charge in [0.1, 0.15) is 0 Å². The van der Waals surface area contributed by atoms with Gasteiger partial charge in [-0.25, -0.2) is 0 Å². The van der Waals surface area contributed by atoms with Crippen molar-refractivity contribution < 1.29 is 22.8 Å². The Morgan fingerprint density at radius 2 is 1.79 bits per heavy atom. The molecule has 1 aromatic carbocycles. The molecule has 1 aliphatic heterocycles. The summed E-state index contributed by atoms with van der Waals surface area (Å²) in [6, 6.07) is 4.50. The van der Waals surface area contributed by atoms with E-state index in [9.17, 15) is 22.8 Å². The molecule has 24 heavy (non-hydrogen) atoms. The Kier molecular flexibility index (Phi) is 5.48. The minimum absolute atomic E-state index is 0.0858. The number of likely N-dealkylation sites (tertiary alicyclic amines) is 1. The monoisotopic (exact) mass is 343 g/mol. The highest BCUT2D eigenvalue weighted by Gasteiger charge is 2.35. The summed E-state index contributed by atoms with van der Waals surface area (Å²) < 4.78 is 38.8. The van der Waals surface area contributed by atoms with Crippen LogP contribution in [0.2, 0.25) is 0 Å². The van der Waals surface area contributed by atoms with Crippen LogP contribution in [-0.4, -0.2) is 54.8 Å². The number of para-hydroxylation sites is 1.